The van der Waals surface area contributed by atoms with E-state index in [9.17, 15) is 36.3 Å². The lowest BCUT2D eigenvalue weighted by atomic mass is 9.51. The van der Waals surface area contributed by atoms with Gasteiger partial charge < -0.3 is 14.3 Å². The van der Waals surface area contributed by atoms with Gasteiger partial charge in [0.05, 0.1) is 16.9 Å². The second kappa shape index (κ2) is 20.3. The second-order valence-electron chi connectivity index (χ2n) is 13.2. The Labute approximate surface area is 311 Å². The number of aldehydes is 1. The summed E-state index contributed by atoms with van der Waals surface area (Å²) >= 11 is 4.19. The minimum absolute atomic E-state index is 0.172. The van der Waals surface area contributed by atoms with Crippen molar-refractivity contribution in [2.75, 3.05) is 35.5 Å². The molecule has 0 bridgehead atoms. The van der Waals surface area contributed by atoms with E-state index >= 15 is 0 Å². The molecular weight excluding hydrogens is 728 g/mol. The average Bonchev–Trinajstić information content (AvgIpc) is 3.07. The molecule has 2 unspecified atom stereocenters. The fourth-order valence-electron chi connectivity index (χ4n) is 6.83. The number of ether oxygens (including phenoxy) is 2. The van der Waals surface area contributed by atoms with Crippen LogP contribution in [0.2, 0.25) is 0 Å². The van der Waals surface area contributed by atoms with E-state index in [4.69, 9.17) is 9.47 Å². The van der Waals surface area contributed by atoms with Crippen LogP contribution in [0.25, 0.3) is 0 Å². The molecule has 2 aromatic carbocycles. The number of esters is 2. The van der Waals surface area contributed by atoms with Gasteiger partial charge in [-0.25, -0.2) is 0 Å². The minimum atomic E-state index is -5.49. The highest BCUT2D eigenvalue weighted by molar-refractivity contribution is 7.99. The molecule has 0 fully saturated rings. The molecular formula is C38H49F5O5S3. The first-order valence-electron chi connectivity index (χ1n) is 17.3. The molecule has 0 saturated heterocycles. The fraction of sp³-hybridized carbons (Fsp3) is 0.605. The zero-order valence-corrected chi connectivity index (χ0v) is 32.0. The first kappa shape index (κ1) is 43.2. The SMILES string of the molecule is CSCC(=O)Oc1ccc(C2(C)CCc3cc(OC(=O)CSC)ccc3C2(C=O)CCCCCCCCCSCCCC(F)(F)C(F)(F)F)cc1. The normalized spacial score (nSPS) is 19.0. The number of halogens is 5. The van der Waals surface area contributed by atoms with Crippen molar-refractivity contribution in [3.8, 4) is 11.5 Å². The molecule has 1 aliphatic carbocycles. The number of hydrogen-bond donors (Lipinski definition) is 0. The van der Waals surface area contributed by atoms with Crippen LogP contribution in [0, 0.1) is 0 Å². The Bertz CT molecular complexity index is 1420. The van der Waals surface area contributed by atoms with Crippen molar-refractivity contribution in [1.82, 2.24) is 0 Å². The van der Waals surface area contributed by atoms with Crippen LogP contribution in [0.3, 0.4) is 0 Å². The number of fused-ring (bicyclic) bond motifs is 1. The van der Waals surface area contributed by atoms with Gasteiger partial charge in [0, 0.05) is 11.8 Å². The molecule has 3 rings (SSSR count). The van der Waals surface area contributed by atoms with Gasteiger partial charge in [0.25, 0.3) is 0 Å². The molecule has 0 aromatic heterocycles. The first-order chi connectivity index (χ1) is 24.2. The summed E-state index contributed by atoms with van der Waals surface area (Å²) in [5, 5.41) is 0. The Balaban J connectivity index is 1.61. The summed E-state index contributed by atoms with van der Waals surface area (Å²) in [4.78, 5) is 37.7. The number of carbonyl (C=O) groups excluding carboxylic acids is 3. The summed E-state index contributed by atoms with van der Waals surface area (Å²) in [5.41, 5.74) is 1.50. The standard InChI is InChI=1S/C38H49F5O5S3/c1-35(29-12-14-30(15-13-29)47-33(45)25-49-2)21-18-28-24-31(48-34(46)26-50-3)16-17-32(28)36(35,27-44)19-9-7-5-4-6-8-10-22-51-23-11-20-37(39,40)38(41,42)43/h12-17,24,27H,4-11,18-23,25-26H2,1-3H3. The van der Waals surface area contributed by atoms with Gasteiger partial charge >= 0.3 is 24.0 Å². The maximum absolute atomic E-state index is 13.4. The van der Waals surface area contributed by atoms with Crippen LogP contribution in [0.5, 0.6) is 11.5 Å². The van der Waals surface area contributed by atoms with Crippen LogP contribution in [0.15, 0.2) is 42.5 Å². The predicted molar refractivity (Wildman–Crippen MR) is 199 cm³/mol. The van der Waals surface area contributed by atoms with E-state index in [0.29, 0.717) is 30.8 Å². The van der Waals surface area contributed by atoms with Gasteiger partial charge in [0.15, 0.2) is 0 Å². The quantitative estimate of drug-likeness (QED) is 0.0385. The molecule has 0 N–H and O–H groups in total. The molecule has 0 amide bonds. The van der Waals surface area contributed by atoms with E-state index in [2.05, 4.69) is 6.92 Å². The van der Waals surface area contributed by atoms with Gasteiger partial charge in [-0.1, -0.05) is 63.6 Å². The largest absolute Gasteiger partial charge is 0.453 e. The summed E-state index contributed by atoms with van der Waals surface area (Å²) in [6, 6.07) is 13.0. The van der Waals surface area contributed by atoms with Gasteiger partial charge in [0.2, 0.25) is 0 Å². The maximum Gasteiger partial charge on any atom is 0.453 e. The topological polar surface area (TPSA) is 69.7 Å². The third-order valence-corrected chi connectivity index (χ3v) is 11.9. The molecule has 0 saturated carbocycles. The van der Waals surface area contributed by atoms with Crippen LogP contribution in [0.4, 0.5) is 22.0 Å². The number of carbonyl (C=O) groups is 3. The van der Waals surface area contributed by atoms with Crippen molar-refractivity contribution in [2.45, 2.75) is 107 Å². The molecule has 0 aliphatic heterocycles. The van der Waals surface area contributed by atoms with Crippen molar-refractivity contribution in [2.24, 2.45) is 0 Å². The highest BCUT2D eigenvalue weighted by atomic mass is 32.2. The second-order valence-corrected chi connectivity index (χ2v) is 16.2. The summed E-state index contributed by atoms with van der Waals surface area (Å²) in [7, 11) is 0. The monoisotopic (exact) mass is 776 g/mol. The van der Waals surface area contributed by atoms with E-state index in [-0.39, 0.29) is 35.6 Å². The first-order valence-corrected chi connectivity index (χ1v) is 21.3. The van der Waals surface area contributed by atoms with Crippen LogP contribution >= 0.6 is 35.3 Å². The number of thioether (sulfide) groups is 3. The highest BCUT2D eigenvalue weighted by Gasteiger charge is 2.56. The number of hydrogen-bond acceptors (Lipinski definition) is 8. The zero-order chi connectivity index (χ0) is 37.5. The van der Waals surface area contributed by atoms with E-state index < -0.39 is 29.3 Å². The average molecular weight is 777 g/mol. The number of alkyl halides is 5. The molecule has 284 valence electrons. The lowest BCUT2D eigenvalue weighted by Gasteiger charge is -2.50. The lowest BCUT2D eigenvalue weighted by molar-refractivity contribution is -0.284. The van der Waals surface area contributed by atoms with Gasteiger partial charge in [0.1, 0.15) is 17.8 Å². The predicted octanol–water partition coefficient (Wildman–Crippen LogP) is 10.4. The Kier molecular flexibility index (Phi) is 17.2. The van der Waals surface area contributed by atoms with Crippen LogP contribution in [-0.2, 0) is 31.6 Å². The van der Waals surface area contributed by atoms with Gasteiger partial charge in [-0.2, -0.15) is 57.2 Å². The van der Waals surface area contributed by atoms with E-state index in [1.165, 1.54) is 35.3 Å². The van der Waals surface area contributed by atoms with E-state index in [0.717, 1.165) is 73.7 Å². The Morgan fingerprint density at radius 3 is 1.92 bits per heavy atom. The molecule has 13 heteroatoms. The number of rotatable bonds is 22. The molecule has 0 radical (unpaired) electrons. The van der Waals surface area contributed by atoms with E-state index in [1.807, 2.05) is 36.8 Å². The molecule has 0 heterocycles. The maximum atomic E-state index is 13.4. The van der Waals surface area contributed by atoms with Crippen molar-refractivity contribution in [3.05, 3.63) is 59.2 Å². The van der Waals surface area contributed by atoms with Crippen molar-refractivity contribution < 1.29 is 45.8 Å². The van der Waals surface area contributed by atoms with Crippen LogP contribution in [0.1, 0.15) is 94.2 Å². The molecule has 5 nitrogen and oxygen atoms in total. The number of unbranched alkanes of at least 4 members (excludes halogenated alkanes) is 6. The molecule has 1 aliphatic rings. The summed E-state index contributed by atoms with van der Waals surface area (Å²) in [5.74, 6) is -2.84. The van der Waals surface area contributed by atoms with Gasteiger partial charge in [-0.3, -0.25) is 9.59 Å². The molecule has 2 aromatic rings. The Morgan fingerprint density at radius 2 is 1.33 bits per heavy atom. The van der Waals surface area contributed by atoms with Gasteiger partial charge in [-0.05, 0) is 97.1 Å². The third kappa shape index (κ3) is 11.9. The molecule has 51 heavy (non-hydrogen) atoms. The zero-order valence-electron chi connectivity index (χ0n) is 29.6. The van der Waals surface area contributed by atoms with Gasteiger partial charge in [-0.15, -0.1) is 0 Å². The van der Waals surface area contributed by atoms with E-state index in [1.54, 1.807) is 18.2 Å². The smallest absolute Gasteiger partial charge is 0.426 e. The molecule has 0 spiro atoms. The number of aryl methyl sites for hydroxylation is 1. The summed E-state index contributed by atoms with van der Waals surface area (Å²) < 4.78 is 73.9. The summed E-state index contributed by atoms with van der Waals surface area (Å²) in [6.07, 6.45) is 6.52. The fourth-order valence-corrected chi connectivity index (χ4v) is 8.38. The summed E-state index contributed by atoms with van der Waals surface area (Å²) in [6.45, 7) is 2.13. The number of benzene rings is 2. The Hall–Kier alpha value is -2.25. The molecule has 2 atom stereocenters. The third-order valence-electron chi connectivity index (χ3n) is 9.67. The van der Waals surface area contributed by atoms with Crippen LogP contribution < -0.4 is 9.47 Å². The van der Waals surface area contributed by atoms with Crippen molar-refractivity contribution >= 4 is 53.5 Å². The minimum Gasteiger partial charge on any atom is -0.426 e. The Morgan fingerprint density at radius 1 is 0.784 bits per heavy atom. The lowest BCUT2D eigenvalue weighted by Crippen LogP contribution is -2.52. The van der Waals surface area contributed by atoms with Crippen molar-refractivity contribution in [3.63, 3.8) is 0 Å². The highest BCUT2D eigenvalue weighted by Crippen LogP contribution is 2.54. The van der Waals surface area contributed by atoms with Crippen molar-refractivity contribution in [1.29, 1.82) is 0 Å². The van der Waals surface area contributed by atoms with Crippen LogP contribution in [-0.4, -0.2) is 65.8 Å².